The fourth-order valence-electron chi connectivity index (χ4n) is 3.02. The highest BCUT2D eigenvalue weighted by atomic mass is 32.2. The van der Waals surface area contributed by atoms with Crippen molar-refractivity contribution in [1.82, 2.24) is 0 Å². The molecule has 27 heavy (non-hydrogen) atoms. The first-order valence-electron chi connectivity index (χ1n) is 8.25. The molecule has 3 rings (SSSR count). The van der Waals surface area contributed by atoms with Crippen molar-refractivity contribution in [2.24, 2.45) is 10.4 Å². The van der Waals surface area contributed by atoms with Crippen molar-refractivity contribution in [3.63, 3.8) is 0 Å². The lowest BCUT2D eigenvalue weighted by molar-refractivity contribution is -0.137. The average Bonchev–Trinajstić information content (AvgIpc) is 2.96. The molecule has 2 unspecified atom stereocenters. The van der Waals surface area contributed by atoms with Crippen LogP contribution in [-0.4, -0.2) is 42.3 Å². The predicted molar refractivity (Wildman–Crippen MR) is 99.6 cm³/mol. The zero-order chi connectivity index (χ0) is 20.2. The minimum atomic E-state index is -4.62. The molecule has 0 bridgehead atoms. The van der Waals surface area contributed by atoms with Crippen LogP contribution in [0.4, 0.5) is 18.9 Å². The average molecular weight is 420 g/mol. The third-order valence-corrected chi connectivity index (χ3v) is 7.58. The molecule has 148 valence electrons. The first kappa shape index (κ1) is 20.2. The number of carbonyl (C=O) groups is 1. The maximum Gasteiger partial charge on any atom is 0.418 e. The smallest absolute Gasteiger partial charge is 0.315 e. The molecule has 2 atom stereocenters. The van der Waals surface area contributed by atoms with Crippen LogP contribution in [0, 0.1) is 5.41 Å². The summed E-state index contributed by atoms with van der Waals surface area (Å²) in [6.45, 7) is 4.99. The van der Waals surface area contributed by atoms with Gasteiger partial charge in [0.25, 0.3) is 5.91 Å². The van der Waals surface area contributed by atoms with E-state index in [1.54, 1.807) is 20.8 Å². The van der Waals surface area contributed by atoms with E-state index in [4.69, 9.17) is 0 Å². The molecule has 1 amide bonds. The second-order valence-corrected chi connectivity index (χ2v) is 11.0. The Labute approximate surface area is 159 Å². The van der Waals surface area contributed by atoms with Crippen molar-refractivity contribution in [2.45, 2.75) is 38.2 Å². The molecule has 0 aromatic heterocycles. The minimum Gasteiger partial charge on any atom is -0.315 e. The summed E-state index contributed by atoms with van der Waals surface area (Å²) in [6.07, 6.45) is -4.62. The van der Waals surface area contributed by atoms with Gasteiger partial charge in [-0.25, -0.2) is 8.42 Å². The van der Waals surface area contributed by atoms with E-state index in [0.29, 0.717) is 0 Å². The Bertz CT molecular complexity index is 905. The van der Waals surface area contributed by atoms with Crippen molar-refractivity contribution in [3.8, 4) is 0 Å². The van der Waals surface area contributed by atoms with Gasteiger partial charge in [0.05, 0.1) is 28.8 Å². The van der Waals surface area contributed by atoms with Crippen LogP contribution < -0.4 is 4.90 Å². The number of amidine groups is 1. The molecule has 2 aliphatic heterocycles. The van der Waals surface area contributed by atoms with Gasteiger partial charge in [-0.3, -0.25) is 4.79 Å². The number of carbonyl (C=O) groups excluding carboxylic acids is 1. The van der Waals surface area contributed by atoms with Gasteiger partial charge in [-0.1, -0.05) is 44.7 Å². The molecule has 0 saturated carbocycles. The van der Waals surface area contributed by atoms with Crippen LogP contribution in [0.25, 0.3) is 0 Å². The summed E-state index contributed by atoms with van der Waals surface area (Å²) < 4.78 is 64.6. The van der Waals surface area contributed by atoms with Crippen LogP contribution in [0.3, 0.4) is 0 Å². The number of halogens is 3. The first-order valence-corrected chi connectivity index (χ1v) is 11.0. The van der Waals surface area contributed by atoms with Crippen molar-refractivity contribution in [2.75, 3.05) is 16.4 Å². The van der Waals surface area contributed by atoms with E-state index in [9.17, 15) is 26.4 Å². The van der Waals surface area contributed by atoms with Gasteiger partial charge < -0.3 is 4.90 Å². The molecule has 5 nitrogen and oxygen atoms in total. The van der Waals surface area contributed by atoms with Gasteiger partial charge in [-0.05, 0) is 12.1 Å². The van der Waals surface area contributed by atoms with E-state index in [2.05, 4.69) is 4.99 Å². The number of para-hydroxylation sites is 1. The van der Waals surface area contributed by atoms with Crippen LogP contribution in [-0.2, 0) is 20.8 Å². The molecule has 0 radical (unpaired) electrons. The van der Waals surface area contributed by atoms with Crippen molar-refractivity contribution in [1.29, 1.82) is 0 Å². The predicted octanol–water partition coefficient (Wildman–Crippen LogP) is 3.35. The van der Waals surface area contributed by atoms with E-state index in [1.807, 2.05) is 0 Å². The van der Waals surface area contributed by atoms with Gasteiger partial charge in [0.1, 0.15) is 0 Å². The number of hydrogen-bond acceptors (Lipinski definition) is 4. The number of nitrogens with zero attached hydrogens (tertiary/aromatic N) is 2. The number of sulfone groups is 1. The topological polar surface area (TPSA) is 66.8 Å². The molecule has 2 fully saturated rings. The summed E-state index contributed by atoms with van der Waals surface area (Å²) in [6, 6.07) is 4.27. The highest BCUT2D eigenvalue weighted by Gasteiger charge is 2.51. The van der Waals surface area contributed by atoms with Gasteiger partial charge in [-0.2, -0.15) is 18.2 Å². The standard InChI is InChI=1S/C17H19F3N2O3S2/c1-16(2,3)14(23)21-15-22(12-8-27(24,25)9-13(12)26-15)11-7-5-4-6-10(11)17(18,19)20/h4-7,12-13H,8-9H2,1-3H3. The lowest BCUT2D eigenvalue weighted by Gasteiger charge is -2.28. The zero-order valence-electron chi connectivity index (χ0n) is 14.9. The fourth-order valence-corrected chi connectivity index (χ4v) is 6.93. The molecular formula is C17H19F3N2O3S2. The summed E-state index contributed by atoms with van der Waals surface area (Å²) in [5.41, 5.74) is -1.86. The summed E-state index contributed by atoms with van der Waals surface area (Å²) >= 11 is 1.06. The van der Waals surface area contributed by atoms with Crippen LogP contribution in [0.1, 0.15) is 26.3 Å². The SMILES string of the molecule is CC(C)(C)C(=O)N=C1SC2CS(=O)(=O)CC2N1c1ccccc1C(F)(F)F. The van der Waals surface area contributed by atoms with E-state index >= 15 is 0 Å². The number of benzene rings is 1. The summed E-state index contributed by atoms with van der Waals surface area (Å²) in [5, 5.41) is -0.334. The molecule has 10 heteroatoms. The third kappa shape index (κ3) is 4.01. The maximum absolute atomic E-state index is 13.5. The largest absolute Gasteiger partial charge is 0.418 e. The Hall–Kier alpha value is -1.55. The quantitative estimate of drug-likeness (QED) is 0.697. The van der Waals surface area contributed by atoms with Crippen molar-refractivity contribution in [3.05, 3.63) is 29.8 Å². The molecule has 2 aliphatic rings. The number of hydrogen-bond donors (Lipinski definition) is 0. The summed E-state index contributed by atoms with van der Waals surface area (Å²) in [5.74, 6) is -0.877. The van der Waals surface area contributed by atoms with Crippen LogP contribution in [0.15, 0.2) is 29.3 Å². The maximum atomic E-state index is 13.5. The normalized spacial score (nSPS) is 26.4. The molecule has 2 heterocycles. The second-order valence-electron chi connectivity index (χ2n) is 7.63. The molecule has 1 aromatic rings. The lowest BCUT2D eigenvalue weighted by atomic mass is 9.96. The second kappa shape index (κ2) is 6.51. The molecule has 0 N–H and O–H groups in total. The fraction of sp³-hybridized carbons (Fsp3) is 0.529. The van der Waals surface area contributed by atoms with Gasteiger partial charge in [0, 0.05) is 10.7 Å². The molecule has 0 aliphatic carbocycles. The first-order chi connectivity index (χ1) is 12.3. The number of aliphatic imine (C=N–C) groups is 1. The number of alkyl halides is 3. The van der Waals surface area contributed by atoms with Crippen molar-refractivity contribution >= 4 is 38.4 Å². The van der Waals surface area contributed by atoms with E-state index in [0.717, 1.165) is 17.8 Å². The van der Waals surface area contributed by atoms with E-state index in [-0.39, 0.29) is 22.4 Å². The number of fused-ring (bicyclic) bond motifs is 1. The molecular weight excluding hydrogens is 401 g/mol. The Kier molecular flexibility index (Phi) is 4.87. The Balaban J connectivity index is 2.13. The monoisotopic (exact) mass is 420 g/mol. The van der Waals surface area contributed by atoms with Gasteiger partial charge in [-0.15, -0.1) is 0 Å². The Morgan fingerprint density at radius 1 is 1.19 bits per heavy atom. The van der Waals surface area contributed by atoms with Crippen molar-refractivity contribution < 1.29 is 26.4 Å². The van der Waals surface area contributed by atoms with Gasteiger partial charge in [0.2, 0.25) is 0 Å². The molecule has 2 saturated heterocycles. The lowest BCUT2D eigenvalue weighted by Crippen LogP contribution is -2.39. The number of anilines is 1. The van der Waals surface area contributed by atoms with E-state index in [1.165, 1.54) is 23.1 Å². The Morgan fingerprint density at radius 3 is 2.41 bits per heavy atom. The summed E-state index contributed by atoms with van der Waals surface area (Å²) in [4.78, 5) is 17.7. The highest BCUT2D eigenvalue weighted by molar-refractivity contribution is 8.16. The number of thioether (sulfide) groups is 1. The molecule has 1 aromatic carbocycles. The zero-order valence-corrected chi connectivity index (χ0v) is 16.6. The molecule has 0 spiro atoms. The Morgan fingerprint density at radius 2 is 1.81 bits per heavy atom. The van der Waals surface area contributed by atoms with Crippen LogP contribution in [0.5, 0.6) is 0 Å². The number of amides is 1. The van der Waals surface area contributed by atoms with Gasteiger partial charge in [0.15, 0.2) is 15.0 Å². The van der Waals surface area contributed by atoms with E-state index < -0.39 is 44.2 Å². The highest BCUT2D eigenvalue weighted by Crippen LogP contribution is 2.45. The van der Waals surface area contributed by atoms with Crippen LogP contribution in [0.2, 0.25) is 0 Å². The number of rotatable bonds is 1. The van der Waals surface area contributed by atoms with Gasteiger partial charge >= 0.3 is 6.18 Å². The van der Waals surface area contributed by atoms with Crippen LogP contribution >= 0.6 is 11.8 Å². The minimum absolute atomic E-state index is 0.122. The summed E-state index contributed by atoms with van der Waals surface area (Å²) in [7, 11) is -3.36. The third-order valence-electron chi connectivity index (χ3n) is 4.37.